The van der Waals surface area contributed by atoms with Gasteiger partial charge in [-0.25, -0.2) is 4.98 Å². The Labute approximate surface area is 145 Å². The molecular weight excluding hydrogens is 312 g/mol. The fourth-order valence-corrected chi connectivity index (χ4v) is 2.63. The molecule has 0 saturated heterocycles. The number of pyridine rings is 1. The highest BCUT2D eigenvalue weighted by Gasteiger charge is 2.08. The van der Waals surface area contributed by atoms with Gasteiger partial charge in [-0.15, -0.1) is 0 Å². The lowest BCUT2D eigenvalue weighted by Crippen LogP contribution is -1.97. The highest BCUT2D eigenvalue weighted by atomic mass is 16.5. The largest absolute Gasteiger partial charge is 0.497 e. The number of rotatable bonds is 4. The predicted molar refractivity (Wildman–Crippen MR) is 99.0 cm³/mol. The number of methoxy groups -OCH3 is 1. The fourth-order valence-electron chi connectivity index (χ4n) is 2.63. The van der Waals surface area contributed by atoms with Crippen molar-refractivity contribution >= 4 is 22.4 Å². The van der Waals surface area contributed by atoms with Crippen LogP contribution >= 0.6 is 0 Å². The summed E-state index contributed by atoms with van der Waals surface area (Å²) in [6.07, 6.45) is 5.24. The normalized spacial score (nSPS) is 10.6. The maximum absolute atomic E-state index is 5.27. The number of nitrogens with one attached hydrogen (secondary N) is 1. The number of ether oxygens (including phenoxy) is 1. The minimum absolute atomic E-state index is 0.743. The molecule has 0 amide bonds. The minimum Gasteiger partial charge on any atom is -0.497 e. The van der Waals surface area contributed by atoms with E-state index in [4.69, 9.17) is 9.72 Å². The van der Waals surface area contributed by atoms with Gasteiger partial charge in [0.2, 0.25) is 0 Å². The Morgan fingerprint density at radius 2 is 1.80 bits per heavy atom. The Morgan fingerprint density at radius 1 is 0.920 bits per heavy atom. The smallest absolute Gasteiger partial charge is 0.120 e. The van der Waals surface area contributed by atoms with Crippen molar-refractivity contribution in [2.75, 3.05) is 12.4 Å². The first-order valence-electron chi connectivity index (χ1n) is 7.91. The molecule has 0 unspecified atom stereocenters. The lowest BCUT2D eigenvalue weighted by molar-refractivity contribution is 0.415. The van der Waals surface area contributed by atoms with Crippen molar-refractivity contribution in [2.45, 2.75) is 0 Å². The number of hydrogen-bond acceptors (Lipinski definition) is 5. The Hall–Kier alpha value is -3.47. The fraction of sp³-hybridized carbons (Fsp3) is 0.0500. The molecule has 2 heterocycles. The number of aromatic nitrogens is 3. The molecule has 4 aromatic rings. The van der Waals surface area contributed by atoms with Gasteiger partial charge in [0.15, 0.2) is 0 Å². The highest BCUT2D eigenvalue weighted by molar-refractivity contribution is 5.89. The van der Waals surface area contributed by atoms with E-state index >= 15 is 0 Å². The second-order valence-corrected chi connectivity index (χ2v) is 5.53. The number of hydrogen-bond donors (Lipinski definition) is 1. The zero-order valence-electron chi connectivity index (χ0n) is 13.7. The summed E-state index contributed by atoms with van der Waals surface area (Å²) in [6.45, 7) is 0. The molecule has 25 heavy (non-hydrogen) atoms. The molecule has 0 radical (unpaired) electrons. The van der Waals surface area contributed by atoms with Crippen LogP contribution in [0, 0.1) is 0 Å². The average molecular weight is 328 g/mol. The van der Waals surface area contributed by atoms with Crippen molar-refractivity contribution in [1.82, 2.24) is 15.0 Å². The number of benzene rings is 2. The van der Waals surface area contributed by atoms with Crippen molar-refractivity contribution < 1.29 is 4.74 Å². The summed E-state index contributed by atoms with van der Waals surface area (Å²) in [7, 11) is 1.65. The SMILES string of the molecule is COc1cccc(Nc2cncc3ncc(-c4ccccc4)nc23)c1. The number of anilines is 2. The van der Waals surface area contributed by atoms with Gasteiger partial charge < -0.3 is 10.1 Å². The van der Waals surface area contributed by atoms with Crippen molar-refractivity contribution in [1.29, 1.82) is 0 Å². The van der Waals surface area contributed by atoms with Gasteiger partial charge in [-0.3, -0.25) is 9.97 Å². The third kappa shape index (κ3) is 3.12. The van der Waals surface area contributed by atoms with E-state index in [1.807, 2.05) is 54.6 Å². The van der Waals surface area contributed by atoms with E-state index in [1.54, 1.807) is 25.7 Å². The maximum Gasteiger partial charge on any atom is 0.120 e. The Morgan fingerprint density at radius 3 is 2.64 bits per heavy atom. The first kappa shape index (κ1) is 15.1. The van der Waals surface area contributed by atoms with Gasteiger partial charge in [0.05, 0.1) is 37.1 Å². The summed E-state index contributed by atoms with van der Waals surface area (Å²) in [5.74, 6) is 0.786. The molecule has 122 valence electrons. The molecule has 0 fully saturated rings. The van der Waals surface area contributed by atoms with Gasteiger partial charge in [-0.1, -0.05) is 36.4 Å². The van der Waals surface area contributed by atoms with Crippen LogP contribution < -0.4 is 10.1 Å². The van der Waals surface area contributed by atoms with E-state index in [1.165, 1.54) is 0 Å². The van der Waals surface area contributed by atoms with E-state index in [2.05, 4.69) is 15.3 Å². The average Bonchev–Trinajstić information content (AvgIpc) is 2.69. The number of fused-ring (bicyclic) bond motifs is 1. The summed E-state index contributed by atoms with van der Waals surface area (Å²) < 4.78 is 5.27. The Kier molecular flexibility index (Phi) is 3.96. The molecule has 0 aliphatic carbocycles. The summed E-state index contributed by atoms with van der Waals surface area (Å²) in [4.78, 5) is 13.5. The summed E-state index contributed by atoms with van der Waals surface area (Å²) in [6, 6.07) is 17.7. The summed E-state index contributed by atoms with van der Waals surface area (Å²) in [5, 5.41) is 3.36. The lowest BCUT2D eigenvalue weighted by atomic mass is 10.1. The van der Waals surface area contributed by atoms with E-state index in [9.17, 15) is 0 Å². The summed E-state index contributed by atoms with van der Waals surface area (Å²) in [5.41, 5.74) is 5.08. The van der Waals surface area contributed by atoms with E-state index in [-0.39, 0.29) is 0 Å². The third-order valence-electron chi connectivity index (χ3n) is 3.87. The first-order chi connectivity index (χ1) is 12.3. The molecule has 0 saturated carbocycles. The van der Waals surface area contributed by atoms with Gasteiger partial charge in [0.25, 0.3) is 0 Å². The molecule has 0 atom stereocenters. The second kappa shape index (κ2) is 6.57. The molecule has 0 bridgehead atoms. The van der Waals surface area contributed by atoms with Gasteiger partial charge in [0.1, 0.15) is 16.8 Å². The van der Waals surface area contributed by atoms with Crippen LogP contribution in [0.1, 0.15) is 0 Å². The van der Waals surface area contributed by atoms with Crippen molar-refractivity contribution in [2.24, 2.45) is 0 Å². The van der Waals surface area contributed by atoms with Crippen LogP contribution in [0.15, 0.2) is 73.2 Å². The first-order valence-corrected chi connectivity index (χ1v) is 7.91. The zero-order chi connectivity index (χ0) is 17.1. The Bertz CT molecular complexity index is 1020. The van der Waals surface area contributed by atoms with Crippen LogP contribution in [-0.2, 0) is 0 Å². The van der Waals surface area contributed by atoms with Crippen LogP contribution in [0.25, 0.3) is 22.3 Å². The van der Waals surface area contributed by atoms with Crippen LogP contribution in [0.3, 0.4) is 0 Å². The molecular formula is C20H16N4O. The highest BCUT2D eigenvalue weighted by Crippen LogP contribution is 2.27. The standard InChI is InChI=1S/C20H16N4O/c1-25-16-9-5-8-15(10-16)23-19-12-21-11-18-20(19)24-17(13-22-18)14-6-3-2-4-7-14/h2-13,23H,1H3. The topological polar surface area (TPSA) is 59.9 Å². The van der Waals surface area contributed by atoms with Gasteiger partial charge in [0, 0.05) is 17.3 Å². The molecule has 2 aromatic carbocycles. The lowest BCUT2D eigenvalue weighted by Gasteiger charge is -2.10. The maximum atomic E-state index is 5.27. The van der Waals surface area contributed by atoms with Crippen LogP contribution in [0.2, 0.25) is 0 Å². The molecule has 1 N–H and O–H groups in total. The van der Waals surface area contributed by atoms with Gasteiger partial charge in [-0.05, 0) is 12.1 Å². The van der Waals surface area contributed by atoms with Crippen LogP contribution in [0.5, 0.6) is 5.75 Å². The van der Waals surface area contributed by atoms with E-state index < -0.39 is 0 Å². The molecule has 5 nitrogen and oxygen atoms in total. The summed E-state index contributed by atoms with van der Waals surface area (Å²) >= 11 is 0. The molecule has 0 spiro atoms. The van der Waals surface area contributed by atoms with Crippen LogP contribution in [0.4, 0.5) is 11.4 Å². The van der Waals surface area contributed by atoms with Gasteiger partial charge in [-0.2, -0.15) is 0 Å². The van der Waals surface area contributed by atoms with Crippen molar-refractivity contribution in [3.63, 3.8) is 0 Å². The van der Waals surface area contributed by atoms with Crippen molar-refractivity contribution in [3.05, 3.63) is 73.2 Å². The molecule has 5 heteroatoms. The minimum atomic E-state index is 0.743. The van der Waals surface area contributed by atoms with Crippen molar-refractivity contribution in [3.8, 4) is 17.0 Å². The van der Waals surface area contributed by atoms with E-state index in [0.29, 0.717) is 0 Å². The quantitative estimate of drug-likeness (QED) is 0.600. The molecule has 0 aliphatic rings. The van der Waals surface area contributed by atoms with Crippen LogP contribution in [-0.4, -0.2) is 22.1 Å². The molecule has 4 rings (SSSR count). The molecule has 0 aliphatic heterocycles. The van der Waals surface area contributed by atoms with E-state index in [0.717, 1.165) is 39.4 Å². The van der Waals surface area contributed by atoms with Gasteiger partial charge >= 0.3 is 0 Å². The zero-order valence-corrected chi connectivity index (χ0v) is 13.7. The second-order valence-electron chi connectivity index (χ2n) is 5.53. The molecule has 2 aromatic heterocycles. The third-order valence-corrected chi connectivity index (χ3v) is 3.87. The Balaban J connectivity index is 1.78. The predicted octanol–water partition coefficient (Wildman–Crippen LogP) is 4.44. The number of nitrogens with zero attached hydrogens (tertiary/aromatic N) is 3. The monoisotopic (exact) mass is 328 g/mol.